The van der Waals surface area contributed by atoms with Crippen LogP contribution in [-0.2, 0) is 11.3 Å². The van der Waals surface area contributed by atoms with Gasteiger partial charge in [0, 0.05) is 51.4 Å². The molecule has 1 aliphatic rings. The van der Waals surface area contributed by atoms with Crippen LogP contribution in [0.4, 0.5) is 0 Å². The van der Waals surface area contributed by atoms with Crippen LogP contribution in [0, 0.1) is 0 Å². The third-order valence-electron chi connectivity index (χ3n) is 3.93. The van der Waals surface area contributed by atoms with E-state index >= 15 is 0 Å². The Hall–Kier alpha value is -0.570. The van der Waals surface area contributed by atoms with Crippen molar-refractivity contribution in [1.82, 2.24) is 15.5 Å². The number of methoxy groups -OCH3 is 1. The molecule has 5 nitrogen and oxygen atoms in total. The SMILES string of the molecule is CN=C(NCCN(CCOC)C1CC1)NCc1ccc(Cl)cc1.I. The summed E-state index contributed by atoms with van der Waals surface area (Å²) in [5, 5.41) is 7.45. The van der Waals surface area contributed by atoms with E-state index in [0.29, 0.717) is 0 Å². The van der Waals surface area contributed by atoms with Gasteiger partial charge in [0.05, 0.1) is 6.61 Å². The van der Waals surface area contributed by atoms with Crippen molar-refractivity contribution in [3.8, 4) is 0 Å². The first-order chi connectivity index (χ1) is 11.2. The first-order valence-corrected chi connectivity index (χ1v) is 8.52. The Morgan fingerprint density at radius 2 is 1.96 bits per heavy atom. The maximum Gasteiger partial charge on any atom is 0.191 e. The second-order valence-electron chi connectivity index (χ2n) is 5.74. The summed E-state index contributed by atoms with van der Waals surface area (Å²) in [5.74, 6) is 0.822. The summed E-state index contributed by atoms with van der Waals surface area (Å²) >= 11 is 5.90. The van der Waals surface area contributed by atoms with E-state index in [4.69, 9.17) is 16.3 Å². The Labute approximate surface area is 167 Å². The molecule has 1 saturated carbocycles. The molecule has 7 heteroatoms. The molecule has 0 heterocycles. The molecule has 0 radical (unpaired) electrons. The van der Waals surface area contributed by atoms with Gasteiger partial charge < -0.3 is 15.4 Å². The van der Waals surface area contributed by atoms with Gasteiger partial charge in [-0.05, 0) is 30.5 Å². The topological polar surface area (TPSA) is 48.9 Å². The number of rotatable bonds is 9. The molecule has 24 heavy (non-hydrogen) atoms. The van der Waals surface area contributed by atoms with Crippen molar-refractivity contribution in [1.29, 1.82) is 0 Å². The average molecular weight is 467 g/mol. The van der Waals surface area contributed by atoms with Crippen molar-refractivity contribution in [2.75, 3.05) is 40.4 Å². The molecule has 2 rings (SSSR count). The number of halogens is 2. The van der Waals surface area contributed by atoms with Crippen LogP contribution in [0.3, 0.4) is 0 Å². The molecule has 0 bridgehead atoms. The standard InChI is InChI=1S/C17H27ClN4O.HI/c1-19-17(21-13-14-3-5-15(18)6-4-14)20-9-10-22(11-12-23-2)16-7-8-16;/h3-6,16H,7-13H2,1-2H3,(H2,19,20,21);1H. The first kappa shape index (κ1) is 21.5. The lowest BCUT2D eigenvalue weighted by Crippen LogP contribution is -2.42. The highest BCUT2D eigenvalue weighted by molar-refractivity contribution is 14.0. The number of hydrogen-bond donors (Lipinski definition) is 2. The maximum absolute atomic E-state index is 5.90. The van der Waals surface area contributed by atoms with Crippen LogP contribution in [0.5, 0.6) is 0 Å². The van der Waals surface area contributed by atoms with Crippen molar-refractivity contribution in [2.24, 2.45) is 4.99 Å². The monoisotopic (exact) mass is 466 g/mol. The fourth-order valence-electron chi connectivity index (χ4n) is 2.45. The Kier molecular flexibility index (Phi) is 10.6. The Balaban J connectivity index is 0.00000288. The van der Waals surface area contributed by atoms with Gasteiger partial charge in [-0.2, -0.15) is 0 Å². The number of ether oxygens (including phenoxy) is 1. The molecular weight excluding hydrogens is 439 g/mol. The summed E-state index contributed by atoms with van der Waals surface area (Å²) in [5.41, 5.74) is 1.18. The third-order valence-corrected chi connectivity index (χ3v) is 4.19. The van der Waals surface area contributed by atoms with Gasteiger partial charge in [0.15, 0.2) is 5.96 Å². The Morgan fingerprint density at radius 1 is 1.25 bits per heavy atom. The van der Waals surface area contributed by atoms with Gasteiger partial charge in [0.2, 0.25) is 0 Å². The third kappa shape index (κ3) is 8.00. The number of nitrogens with zero attached hydrogens (tertiary/aromatic N) is 2. The van der Waals surface area contributed by atoms with Gasteiger partial charge in [0.1, 0.15) is 0 Å². The summed E-state index contributed by atoms with van der Waals surface area (Å²) in [6.45, 7) is 4.41. The summed E-state index contributed by atoms with van der Waals surface area (Å²) in [4.78, 5) is 6.75. The molecule has 0 saturated heterocycles. The number of nitrogens with one attached hydrogen (secondary N) is 2. The van der Waals surface area contributed by atoms with Crippen molar-refractivity contribution in [3.05, 3.63) is 34.9 Å². The van der Waals surface area contributed by atoms with E-state index in [1.165, 1.54) is 18.4 Å². The normalized spacial score (nSPS) is 14.4. The number of aliphatic imine (C=N–C) groups is 1. The largest absolute Gasteiger partial charge is 0.383 e. The summed E-state index contributed by atoms with van der Waals surface area (Å²) in [7, 11) is 3.55. The van der Waals surface area contributed by atoms with Gasteiger partial charge >= 0.3 is 0 Å². The average Bonchev–Trinajstić information content (AvgIpc) is 3.40. The van der Waals surface area contributed by atoms with Crippen LogP contribution in [-0.4, -0.2) is 57.3 Å². The predicted octanol–water partition coefficient (Wildman–Crippen LogP) is 2.73. The fourth-order valence-corrected chi connectivity index (χ4v) is 2.58. The minimum absolute atomic E-state index is 0. The Bertz CT molecular complexity index is 494. The minimum atomic E-state index is 0. The van der Waals surface area contributed by atoms with E-state index in [-0.39, 0.29) is 24.0 Å². The van der Waals surface area contributed by atoms with Gasteiger partial charge in [-0.15, -0.1) is 24.0 Å². The summed E-state index contributed by atoms with van der Waals surface area (Å²) in [6, 6.07) is 8.58. The lowest BCUT2D eigenvalue weighted by molar-refractivity contribution is 0.144. The van der Waals surface area contributed by atoms with Gasteiger partial charge in [-0.1, -0.05) is 23.7 Å². The first-order valence-electron chi connectivity index (χ1n) is 8.15. The van der Waals surface area contributed by atoms with E-state index in [2.05, 4.69) is 20.5 Å². The second kappa shape index (κ2) is 11.9. The van der Waals surface area contributed by atoms with Crippen LogP contribution < -0.4 is 10.6 Å². The molecule has 1 aromatic carbocycles. The molecule has 136 valence electrons. The number of guanidine groups is 1. The molecule has 0 unspecified atom stereocenters. The van der Waals surface area contributed by atoms with Crippen LogP contribution in [0.25, 0.3) is 0 Å². The molecule has 0 aliphatic heterocycles. The van der Waals surface area contributed by atoms with Gasteiger partial charge in [-0.3, -0.25) is 9.89 Å². The van der Waals surface area contributed by atoms with Crippen molar-refractivity contribution in [3.63, 3.8) is 0 Å². The smallest absolute Gasteiger partial charge is 0.191 e. The van der Waals surface area contributed by atoms with Crippen molar-refractivity contribution >= 4 is 41.5 Å². The minimum Gasteiger partial charge on any atom is -0.383 e. The summed E-state index contributed by atoms with van der Waals surface area (Å²) in [6.07, 6.45) is 2.63. The van der Waals surface area contributed by atoms with Crippen molar-refractivity contribution in [2.45, 2.75) is 25.4 Å². The second-order valence-corrected chi connectivity index (χ2v) is 6.18. The molecule has 2 N–H and O–H groups in total. The van der Waals surface area contributed by atoms with E-state index < -0.39 is 0 Å². The number of benzene rings is 1. The maximum atomic E-state index is 5.90. The van der Waals surface area contributed by atoms with E-state index in [9.17, 15) is 0 Å². The molecule has 1 aliphatic carbocycles. The zero-order valence-corrected chi connectivity index (χ0v) is 17.5. The molecular formula is C17H28ClIN4O. The van der Waals surface area contributed by atoms with Crippen LogP contribution >= 0.6 is 35.6 Å². The summed E-state index contributed by atoms with van der Waals surface area (Å²) < 4.78 is 5.19. The van der Waals surface area contributed by atoms with E-state index in [1.807, 2.05) is 24.3 Å². The molecule has 0 spiro atoms. The highest BCUT2D eigenvalue weighted by Crippen LogP contribution is 2.25. The molecule has 0 amide bonds. The van der Waals surface area contributed by atoms with Crippen LogP contribution in [0.1, 0.15) is 18.4 Å². The molecule has 0 atom stereocenters. The quantitative estimate of drug-likeness (QED) is 0.334. The Morgan fingerprint density at radius 3 is 2.54 bits per heavy atom. The van der Waals surface area contributed by atoms with Crippen LogP contribution in [0.2, 0.25) is 5.02 Å². The highest BCUT2D eigenvalue weighted by atomic mass is 127. The lowest BCUT2D eigenvalue weighted by Gasteiger charge is -2.22. The van der Waals surface area contributed by atoms with Gasteiger partial charge in [0.25, 0.3) is 0 Å². The van der Waals surface area contributed by atoms with E-state index in [1.54, 1.807) is 14.2 Å². The zero-order valence-electron chi connectivity index (χ0n) is 14.4. The number of hydrogen-bond acceptors (Lipinski definition) is 3. The fraction of sp³-hybridized carbons (Fsp3) is 0.588. The lowest BCUT2D eigenvalue weighted by atomic mass is 10.2. The van der Waals surface area contributed by atoms with E-state index in [0.717, 1.165) is 49.8 Å². The molecule has 0 aromatic heterocycles. The predicted molar refractivity (Wildman–Crippen MR) is 112 cm³/mol. The van der Waals surface area contributed by atoms with Crippen molar-refractivity contribution < 1.29 is 4.74 Å². The van der Waals surface area contributed by atoms with Gasteiger partial charge in [-0.25, -0.2) is 0 Å². The zero-order chi connectivity index (χ0) is 16.5. The highest BCUT2D eigenvalue weighted by Gasteiger charge is 2.28. The molecule has 1 fully saturated rings. The van der Waals surface area contributed by atoms with Crippen LogP contribution in [0.15, 0.2) is 29.3 Å². The molecule has 1 aromatic rings.